The van der Waals surface area contributed by atoms with Crippen LogP contribution in [0.5, 0.6) is 0 Å². The first-order valence-electron chi connectivity index (χ1n) is 7.97. The summed E-state index contributed by atoms with van der Waals surface area (Å²) < 4.78 is 5.45. The predicted molar refractivity (Wildman–Crippen MR) is 87.1 cm³/mol. The molecule has 1 N–H and O–H groups in total. The quantitative estimate of drug-likeness (QED) is 0.894. The van der Waals surface area contributed by atoms with Crippen molar-refractivity contribution in [2.24, 2.45) is 0 Å². The maximum absolute atomic E-state index is 5.45. The lowest BCUT2D eigenvalue weighted by atomic mass is 10.2. The Morgan fingerprint density at radius 2 is 2.19 bits per heavy atom. The van der Waals surface area contributed by atoms with Crippen LogP contribution in [0.25, 0.3) is 0 Å². The third-order valence-corrected chi connectivity index (χ3v) is 5.18. The largest absolute Gasteiger partial charge is 0.379 e. The third-order valence-electron chi connectivity index (χ3n) is 4.23. The van der Waals surface area contributed by atoms with Crippen molar-refractivity contribution in [3.8, 4) is 0 Å². The van der Waals surface area contributed by atoms with Crippen molar-refractivity contribution in [1.29, 1.82) is 0 Å². The number of morpholine rings is 1. The minimum Gasteiger partial charge on any atom is -0.379 e. The van der Waals surface area contributed by atoms with Crippen molar-refractivity contribution >= 4 is 16.5 Å². The van der Waals surface area contributed by atoms with Crippen molar-refractivity contribution in [3.05, 3.63) is 11.1 Å². The molecule has 6 heteroatoms. The van der Waals surface area contributed by atoms with E-state index in [1.807, 2.05) is 0 Å². The van der Waals surface area contributed by atoms with Gasteiger partial charge in [0.2, 0.25) is 0 Å². The molecule has 1 aromatic rings. The van der Waals surface area contributed by atoms with E-state index in [1.54, 1.807) is 11.3 Å². The van der Waals surface area contributed by atoms with E-state index >= 15 is 0 Å². The van der Waals surface area contributed by atoms with E-state index in [9.17, 15) is 0 Å². The maximum atomic E-state index is 5.45. The summed E-state index contributed by atoms with van der Waals surface area (Å²) in [5.74, 6) is 0. The highest BCUT2D eigenvalue weighted by atomic mass is 32.1. The zero-order valence-corrected chi connectivity index (χ0v) is 13.9. The second kappa shape index (κ2) is 7.05. The van der Waals surface area contributed by atoms with Crippen LogP contribution in [-0.4, -0.2) is 61.4 Å². The van der Waals surface area contributed by atoms with Gasteiger partial charge in [0.05, 0.1) is 18.9 Å². The van der Waals surface area contributed by atoms with Gasteiger partial charge in [0.25, 0.3) is 0 Å². The van der Waals surface area contributed by atoms with Gasteiger partial charge in [0.15, 0.2) is 5.13 Å². The van der Waals surface area contributed by atoms with Crippen LogP contribution in [0, 0.1) is 0 Å². The molecule has 2 saturated heterocycles. The van der Waals surface area contributed by atoms with Gasteiger partial charge in [-0.15, -0.1) is 11.3 Å². The van der Waals surface area contributed by atoms with E-state index in [0.717, 1.165) is 45.9 Å². The summed E-state index contributed by atoms with van der Waals surface area (Å²) in [4.78, 5) is 9.81. The Hall–Kier alpha value is -0.690. The summed E-state index contributed by atoms with van der Waals surface area (Å²) in [5, 5.41) is 6.80. The zero-order valence-electron chi connectivity index (χ0n) is 13.0. The van der Waals surface area contributed by atoms with Crippen LogP contribution in [0.15, 0.2) is 5.38 Å². The number of aromatic nitrogens is 1. The fraction of sp³-hybridized carbons (Fsp3) is 0.800. The molecule has 5 nitrogen and oxygen atoms in total. The highest BCUT2D eigenvalue weighted by molar-refractivity contribution is 7.13. The van der Waals surface area contributed by atoms with Crippen LogP contribution in [0.2, 0.25) is 0 Å². The molecule has 2 aliphatic rings. The van der Waals surface area contributed by atoms with Crippen LogP contribution in [-0.2, 0) is 11.3 Å². The van der Waals surface area contributed by atoms with Crippen molar-refractivity contribution in [2.75, 3.05) is 44.3 Å². The Kier molecular flexibility index (Phi) is 5.11. The second-order valence-corrected chi connectivity index (χ2v) is 7.03. The van der Waals surface area contributed by atoms with Crippen LogP contribution >= 0.6 is 11.3 Å². The number of ether oxygens (including phenoxy) is 1. The summed E-state index contributed by atoms with van der Waals surface area (Å²) in [7, 11) is 0. The minimum atomic E-state index is 0.507. The molecule has 21 heavy (non-hydrogen) atoms. The van der Waals surface area contributed by atoms with Crippen LogP contribution in [0.4, 0.5) is 5.13 Å². The Morgan fingerprint density at radius 3 is 2.95 bits per heavy atom. The Labute approximate surface area is 131 Å². The second-order valence-electron chi connectivity index (χ2n) is 6.19. The first-order valence-corrected chi connectivity index (χ1v) is 8.85. The molecule has 1 atom stereocenters. The Bertz CT molecular complexity index is 445. The summed E-state index contributed by atoms with van der Waals surface area (Å²) in [6.07, 6.45) is 1.25. The van der Waals surface area contributed by atoms with Crippen molar-refractivity contribution in [1.82, 2.24) is 15.2 Å². The first kappa shape index (κ1) is 15.2. The van der Waals surface area contributed by atoms with Crippen LogP contribution in [0.3, 0.4) is 0 Å². The Balaban J connectivity index is 1.53. The van der Waals surface area contributed by atoms with Crippen LogP contribution < -0.4 is 10.2 Å². The SMILES string of the molecule is CC(C)NCc1csc(N2CCC(N3CCOCC3)C2)n1. The molecular weight excluding hydrogens is 284 g/mol. The molecular formula is C15H26N4OS. The van der Waals surface area contributed by atoms with E-state index in [4.69, 9.17) is 9.72 Å². The van der Waals surface area contributed by atoms with E-state index in [0.29, 0.717) is 12.1 Å². The van der Waals surface area contributed by atoms with Gasteiger partial charge < -0.3 is 15.0 Å². The van der Waals surface area contributed by atoms with Gasteiger partial charge in [0.1, 0.15) is 0 Å². The molecule has 2 fully saturated rings. The highest BCUT2D eigenvalue weighted by Gasteiger charge is 2.29. The monoisotopic (exact) mass is 310 g/mol. The summed E-state index contributed by atoms with van der Waals surface area (Å²) >= 11 is 1.78. The van der Waals surface area contributed by atoms with Gasteiger partial charge >= 0.3 is 0 Å². The molecule has 118 valence electrons. The number of anilines is 1. The number of rotatable bonds is 5. The van der Waals surface area contributed by atoms with Gasteiger partial charge in [-0.2, -0.15) is 0 Å². The minimum absolute atomic E-state index is 0.507. The lowest BCUT2D eigenvalue weighted by Crippen LogP contribution is -2.44. The molecule has 0 saturated carbocycles. The van der Waals surface area contributed by atoms with Crippen molar-refractivity contribution < 1.29 is 4.74 Å². The lowest BCUT2D eigenvalue weighted by Gasteiger charge is -2.32. The average molecular weight is 310 g/mol. The molecule has 0 spiro atoms. The zero-order chi connectivity index (χ0) is 14.7. The normalized spacial score (nSPS) is 24.1. The summed E-state index contributed by atoms with van der Waals surface area (Å²) in [6, 6.07) is 1.18. The molecule has 1 unspecified atom stereocenters. The molecule has 3 heterocycles. The van der Waals surface area contributed by atoms with E-state index in [2.05, 4.69) is 34.3 Å². The number of nitrogens with one attached hydrogen (secondary N) is 1. The van der Waals surface area contributed by atoms with Crippen LogP contribution in [0.1, 0.15) is 26.0 Å². The molecule has 3 rings (SSSR count). The summed E-state index contributed by atoms with van der Waals surface area (Å²) in [5.41, 5.74) is 1.17. The third kappa shape index (κ3) is 3.94. The van der Waals surface area contributed by atoms with E-state index < -0.39 is 0 Å². The average Bonchev–Trinajstić information content (AvgIpc) is 3.15. The molecule has 1 aromatic heterocycles. The topological polar surface area (TPSA) is 40.6 Å². The maximum Gasteiger partial charge on any atom is 0.185 e. The standard InChI is InChI=1S/C15H26N4OS/c1-12(2)16-9-13-11-21-15(17-13)19-4-3-14(10-19)18-5-7-20-8-6-18/h11-12,14,16H,3-10H2,1-2H3. The van der Waals surface area contributed by atoms with Crippen molar-refractivity contribution in [3.63, 3.8) is 0 Å². The molecule has 0 radical (unpaired) electrons. The van der Waals surface area contributed by atoms with Gasteiger partial charge in [-0.1, -0.05) is 13.8 Å². The fourth-order valence-electron chi connectivity index (χ4n) is 2.99. The number of thiazole rings is 1. The number of hydrogen-bond donors (Lipinski definition) is 1. The van der Waals surface area contributed by atoms with E-state index in [-0.39, 0.29) is 0 Å². The van der Waals surface area contributed by atoms with Gasteiger partial charge in [0, 0.05) is 50.2 Å². The highest BCUT2D eigenvalue weighted by Crippen LogP contribution is 2.26. The van der Waals surface area contributed by atoms with Gasteiger partial charge in [-0.05, 0) is 6.42 Å². The summed E-state index contributed by atoms with van der Waals surface area (Å²) in [6.45, 7) is 11.4. The smallest absolute Gasteiger partial charge is 0.185 e. The fourth-order valence-corrected chi connectivity index (χ4v) is 3.85. The molecule has 0 amide bonds. The molecule has 0 bridgehead atoms. The first-order chi connectivity index (χ1) is 10.2. The lowest BCUT2D eigenvalue weighted by molar-refractivity contribution is 0.0209. The van der Waals surface area contributed by atoms with Gasteiger partial charge in [-0.3, -0.25) is 4.90 Å². The number of nitrogens with zero attached hydrogens (tertiary/aromatic N) is 3. The van der Waals surface area contributed by atoms with E-state index in [1.165, 1.54) is 17.2 Å². The molecule has 2 aliphatic heterocycles. The van der Waals surface area contributed by atoms with Gasteiger partial charge in [-0.25, -0.2) is 4.98 Å². The van der Waals surface area contributed by atoms with Crippen molar-refractivity contribution in [2.45, 2.75) is 38.9 Å². The molecule has 0 aliphatic carbocycles. The Morgan fingerprint density at radius 1 is 1.38 bits per heavy atom. The predicted octanol–water partition coefficient (Wildman–Crippen LogP) is 1.55. The molecule has 0 aromatic carbocycles. The number of hydrogen-bond acceptors (Lipinski definition) is 6.